The molecule has 21 heavy (non-hydrogen) atoms. The van der Waals surface area contributed by atoms with Crippen LogP contribution >= 0.6 is 0 Å². The average Bonchev–Trinajstić information content (AvgIpc) is 2.48. The summed E-state index contributed by atoms with van der Waals surface area (Å²) in [4.78, 5) is 10.6. The lowest BCUT2D eigenvalue weighted by molar-refractivity contribution is -0.384. The van der Waals surface area contributed by atoms with Gasteiger partial charge in [-0.3, -0.25) is 10.1 Å². The number of nitro benzene ring substituents is 1. The van der Waals surface area contributed by atoms with Gasteiger partial charge in [0, 0.05) is 43.3 Å². The minimum atomic E-state index is -0.475. The summed E-state index contributed by atoms with van der Waals surface area (Å²) in [6.07, 6.45) is 1.34. The SMILES string of the molecule is CCNc1cc(NC2(CO)CCOCC2)cc([N+](=O)[O-])c1. The number of non-ortho nitro benzene ring substituents is 1. The van der Waals surface area contributed by atoms with Crippen molar-refractivity contribution in [3.8, 4) is 0 Å². The molecule has 1 aliphatic rings. The maximum absolute atomic E-state index is 11.0. The van der Waals surface area contributed by atoms with Gasteiger partial charge in [-0.1, -0.05) is 0 Å². The predicted octanol–water partition coefficient (Wildman–Crippen LogP) is 1.98. The minimum absolute atomic E-state index is 0.0242. The second-order valence-corrected chi connectivity index (χ2v) is 5.23. The molecule has 0 unspecified atom stereocenters. The molecular weight excluding hydrogens is 274 g/mol. The Balaban J connectivity index is 2.26. The van der Waals surface area contributed by atoms with Gasteiger partial charge < -0.3 is 20.5 Å². The van der Waals surface area contributed by atoms with Gasteiger partial charge in [0.25, 0.3) is 5.69 Å². The third-order valence-corrected chi connectivity index (χ3v) is 3.67. The summed E-state index contributed by atoms with van der Waals surface area (Å²) in [5.74, 6) is 0. The molecule has 7 nitrogen and oxygen atoms in total. The van der Waals surface area contributed by atoms with E-state index >= 15 is 0 Å². The van der Waals surface area contributed by atoms with Crippen molar-refractivity contribution in [1.82, 2.24) is 0 Å². The summed E-state index contributed by atoms with van der Waals surface area (Å²) in [7, 11) is 0. The van der Waals surface area contributed by atoms with Gasteiger partial charge in [0.2, 0.25) is 0 Å². The fraction of sp³-hybridized carbons (Fsp3) is 0.571. The van der Waals surface area contributed by atoms with Crippen LogP contribution in [-0.4, -0.2) is 41.9 Å². The molecule has 0 radical (unpaired) electrons. The summed E-state index contributed by atoms with van der Waals surface area (Å²) >= 11 is 0. The quantitative estimate of drug-likeness (QED) is 0.548. The van der Waals surface area contributed by atoms with E-state index in [2.05, 4.69) is 10.6 Å². The monoisotopic (exact) mass is 295 g/mol. The second-order valence-electron chi connectivity index (χ2n) is 5.23. The summed E-state index contributed by atoms with van der Waals surface area (Å²) in [6.45, 7) is 3.72. The smallest absolute Gasteiger partial charge is 0.273 e. The number of rotatable bonds is 6. The molecule has 0 spiro atoms. The lowest BCUT2D eigenvalue weighted by atomic mass is 9.90. The van der Waals surface area contributed by atoms with Crippen molar-refractivity contribution >= 4 is 17.1 Å². The van der Waals surface area contributed by atoms with Crippen LogP contribution in [0.5, 0.6) is 0 Å². The van der Waals surface area contributed by atoms with Crippen LogP contribution < -0.4 is 10.6 Å². The molecule has 116 valence electrons. The summed E-state index contributed by atoms with van der Waals surface area (Å²) in [5, 5.41) is 27.1. The minimum Gasteiger partial charge on any atom is -0.394 e. The van der Waals surface area contributed by atoms with Gasteiger partial charge in [-0.25, -0.2) is 0 Å². The number of aliphatic hydroxyl groups excluding tert-OH is 1. The van der Waals surface area contributed by atoms with E-state index in [1.54, 1.807) is 0 Å². The van der Waals surface area contributed by atoms with Crippen LogP contribution in [0.25, 0.3) is 0 Å². The number of aliphatic hydroxyl groups is 1. The summed E-state index contributed by atoms with van der Waals surface area (Å²) < 4.78 is 5.32. The molecule has 0 saturated carbocycles. The molecule has 1 aromatic rings. The Labute approximate surface area is 123 Å². The van der Waals surface area contributed by atoms with E-state index in [1.165, 1.54) is 12.1 Å². The molecule has 1 aromatic carbocycles. The van der Waals surface area contributed by atoms with E-state index in [4.69, 9.17) is 4.74 Å². The van der Waals surface area contributed by atoms with E-state index in [9.17, 15) is 15.2 Å². The Morgan fingerprint density at radius 2 is 2.00 bits per heavy atom. The van der Waals surface area contributed by atoms with Crippen molar-refractivity contribution in [2.45, 2.75) is 25.3 Å². The van der Waals surface area contributed by atoms with Crippen molar-refractivity contribution in [1.29, 1.82) is 0 Å². The van der Waals surface area contributed by atoms with Gasteiger partial charge in [0.15, 0.2) is 0 Å². The number of hydrogen-bond donors (Lipinski definition) is 3. The fourth-order valence-electron chi connectivity index (χ4n) is 2.49. The third kappa shape index (κ3) is 3.83. The van der Waals surface area contributed by atoms with Crippen LogP contribution in [0, 0.1) is 10.1 Å². The molecular formula is C14H21N3O4. The highest BCUT2D eigenvalue weighted by atomic mass is 16.6. The fourth-order valence-corrected chi connectivity index (χ4v) is 2.49. The van der Waals surface area contributed by atoms with E-state index in [-0.39, 0.29) is 12.3 Å². The van der Waals surface area contributed by atoms with E-state index in [0.717, 1.165) is 0 Å². The first-order valence-corrected chi connectivity index (χ1v) is 7.09. The Bertz CT molecular complexity index is 501. The number of benzene rings is 1. The highest BCUT2D eigenvalue weighted by molar-refractivity contribution is 5.64. The Hall–Kier alpha value is -1.86. The van der Waals surface area contributed by atoms with Crippen LogP contribution in [-0.2, 0) is 4.74 Å². The first-order chi connectivity index (χ1) is 10.1. The molecule has 1 aliphatic heterocycles. The third-order valence-electron chi connectivity index (χ3n) is 3.67. The van der Waals surface area contributed by atoms with E-state index in [0.29, 0.717) is 44.0 Å². The van der Waals surface area contributed by atoms with Gasteiger partial charge in [-0.05, 0) is 25.8 Å². The number of nitrogens with one attached hydrogen (secondary N) is 2. The molecule has 0 atom stereocenters. The van der Waals surface area contributed by atoms with Crippen LogP contribution in [0.4, 0.5) is 17.1 Å². The normalized spacial score (nSPS) is 17.2. The largest absolute Gasteiger partial charge is 0.394 e. The zero-order valence-corrected chi connectivity index (χ0v) is 12.1. The second kappa shape index (κ2) is 6.73. The first kappa shape index (κ1) is 15.5. The van der Waals surface area contributed by atoms with Gasteiger partial charge in [0.1, 0.15) is 0 Å². The Kier molecular flexibility index (Phi) is 4.98. The number of ether oxygens (including phenoxy) is 1. The summed E-state index contributed by atoms with van der Waals surface area (Å²) in [6, 6.07) is 4.82. The van der Waals surface area contributed by atoms with Crippen molar-refractivity contribution in [3.05, 3.63) is 28.3 Å². The van der Waals surface area contributed by atoms with Gasteiger partial charge >= 0.3 is 0 Å². The average molecular weight is 295 g/mol. The van der Waals surface area contributed by atoms with Crippen molar-refractivity contribution < 1.29 is 14.8 Å². The van der Waals surface area contributed by atoms with Gasteiger partial charge in [-0.15, -0.1) is 0 Å². The van der Waals surface area contributed by atoms with Crippen molar-refractivity contribution in [3.63, 3.8) is 0 Å². The van der Waals surface area contributed by atoms with Gasteiger partial charge in [0.05, 0.1) is 17.1 Å². The molecule has 0 bridgehead atoms. The molecule has 0 amide bonds. The van der Waals surface area contributed by atoms with Crippen molar-refractivity contribution in [2.24, 2.45) is 0 Å². The standard InChI is InChI=1S/C14H21N3O4/c1-2-15-11-7-12(9-13(8-11)17(19)20)16-14(10-18)3-5-21-6-4-14/h7-9,15-16,18H,2-6,10H2,1H3. The highest BCUT2D eigenvalue weighted by Crippen LogP contribution is 2.30. The van der Waals surface area contributed by atoms with Crippen LogP contribution in [0.15, 0.2) is 18.2 Å². The van der Waals surface area contributed by atoms with Crippen LogP contribution in [0.1, 0.15) is 19.8 Å². The number of hydrogen-bond acceptors (Lipinski definition) is 6. The van der Waals surface area contributed by atoms with E-state index in [1.807, 2.05) is 13.0 Å². The predicted molar refractivity (Wildman–Crippen MR) is 80.8 cm³/mol. The lowest BCUT2D eigenvalue weighted by Gasteiger charge is -2.37. The number of anilines is 2. The molecule has 3 N–H and O–H groups in total. The molecule has 0 aromatic heterocycles. The molecule has 7 heteroatoms. The zero-order valence-electron chi connectivity index (χ0n) is 12.1. The topological polar surface area (TPSA) is 96.7 Å². The molecule has 2 rings (SSSR count). The molecule has 1 heterocycles. The number of nitro groups is 1. The van der Waals surface area contributed by atoms with E-state index < -0.39 is 10.5 Å². The maximum Gasteiger partial charge on any atom is 0.273 e. The van der Waals surface area contributed by atoms with Crippen LogP contribution in [0.2, 0.25) is 0 Å². The Morgan fingerprint density at radius 1 is 1.33 bits per heavy atom. The zero-order chi connectivity index (χ0) is 15.3. The number of nitrogens with zero attached hydrogens (tertiary/aromatic N) is 1. The highest BCUT2D eigenvalue weighted by Gasteiger charge is 2.32. The summed E-state index contributed by atoms with van der Waals surface area (Å²) in [5.41, 5.74) is 0.873. The first-order valence-electron chi connectivity index (χ1n) is 7.09. The lowest BCUT2D eigenvalue weighted by Crippen LogP contribution is -2.46. The molecule has 1 fully saturated rings. The van der Waals surface area contributed by atoms with Gasteiger partial charge in [-0.2, -0.15) is 0 Å². The Morgan fingerprint density at radius 3 is 2.57 bits per heavy atom. The molecule has 0 aliphatic carbocycles. The van der Waals surface area contributed by atoms with Crippen LogP contribution in [0.3, 0.4) is 0 Å². The van der Waals surface area contributed by atoms with Crippen molar-refractivity contribution in [2.75, 3.05) is 37.0 Å². The maximum atomic E-state index is 11.0. The molecule has 1 saturated heterocycles.